The summed E-state index contributed by atoms with van der Waals surface area (Å²) in [5.41, 5.74) is 4.09. The number of guanidine groups is 1. The van der Waals surface area contributed by atoms with Crippen LogP contribution in [0.5, 0.6) is 11.5 Å². The van der Waals surface area contributed by atoms with Gasteiger partial charge >= 0.3 is 13.2 Å². The highest BCUT2D eigenvalue weighted by molar-refractivity contribution is 6.08. The quantitative estimate of drug-likeness (QED) is 0.736. The van der Waals surface area contributed by atoms with Gasteiger partial charge in [0.25, 0.3) is 5.91 Å². The average molecular weight is 415 g/mol. The van der Waals surface area contributed by atoms with Gasteiger partial charge in [-0.2, -0.15) is 17.6 Å². The van der Waals surface area contributed by atoms with Gasteiger partial charge in [-0.05, 0) is 35.4 Å². The van der Waals surface area contributed by atoms with Gasteiger partial charge in [-0.3, -0.25) is 9.69 Å². The van der Waals surface area contributed by atoms with Crippen molar-refractivity contribution < 1.29 is 36.2 Å². The Balaban J connectivity index is 2.16. The second kappa shape index (κ2) is 7.57. The van der Waals surface area contributed by atoms with Crippen LogP contribution in [0.25, 0.3) is 0 Å². The molecule has 2 aromatic rings. The van der Waals surface area contributed by atoms with E-state index in [1.165, 1.54) is 37.4 Å². The number of halogens is 5. The number of carbonyl (C=O) groups excluding carboxylic acids is 1. The summed E-state index contributed by atoms with van der Waals surface area (Å²) in [6.45, 7) is -6.34. The highest BCUT2D eigenvalue weighted by Gasteiger charge is 2.49. The maximum absolute atomic E-state index is 13.9. The largest absolute Gasteiger partial charge is 0.435 e. The number of hydrogen-bond acceptors (Lipinski definition) is 5. The lowest BCUT2D eigenvalue weighted by Crippen LogP contribution is -2.41. The Labute approximate surface area is 161 Å². The predicted molar refractivity (Wildman–Crippen MR) is 91.3 cm³/mol. The lowest BCUT2D eigenvalue weighted by atomic mass is 9.82. The van der Waals surface area contributed by atoms with Crippen LogP contribution in [0, 0.1) is 5.82 Å². The van der Waals surface area contributed by atoms with Gasteiger partial charge in [-0.1, -0.05) is 18.2 Å². The van der Waals surface area contributed by atoms with Crippen LogP contribution in [-0.2, 0) is 10.3 Å². The molecule has 0 bridgehead atoms. The maximum Gasteiger partial charge on any atom is 0.387 e. The Bertz CT molecular complexity index is 952. The lowest BCUT2D eigenvalue weighted by molar-refractivity contribution is -0.129. The Morgan fingerprint density at radius 1 is 1.00 bits per heavy atom. The number of amides is 1. The molecule has 0 unspecified atom stereocenters. The second-order valence-electron chi connectivity index (χ2n) is 5.97. The zero-order valence-corrected chi connectivity index (χ0v) is 14.8. The number of nitrogens with two attached hydrogens (primary N) is 1. The summed E-state index contributed by atoms with van der Waals surface area (Å²) in [5, 5.41) is 0. The molecular weight excluding hydrogens is 401 g/mol. The van der Waals surface area contributed by atoms with Gasteiger partial charge in [-0.15, -0.1) is 0 Å². The normalized spacial score (nSPS) is 19.1. The molecule has 11 heteroatoms. The monoisotopic (exact) mass is 415 g/mol. The summed E-state index contributed by atoms with van der Waals surface area (Å²) >= 11 is 0. The van der Waals surface area contributed by atoms with E-state index in [0.29, 0.717) is 0 Å². The molecule has 1 aliphatic heterocycles. The van der Waals surface area contributed by atoms with Crippen molar-refractivity contribution >= 4 is 11.9 Å². The fourth-order valence-electron chi connectivity index (χ4n) is 2.98. The van der Waals surface area contributed by atoms with Crippen molar-refractivity contribution in [3.63, 3.8) is 0 Å². The number of hydrogen-bond donors (Lipinski definition) is 1. The molecule has 1 heterocycles. The average Bonchev–Trinajstić information content (AvgIpc) is 2.88. The van der Waals surface area contributed by atoms with E-state index in [9.17, 15) is 26.7 Å². The van der Waals surface area contributed by atoms with Crippen molar-refractivity contribution in [1.82, 2.24) is 4.90 Å². The van der Waals surface area contributed by atoms with E-state index in [0.717, 1.165) is 17.0 Å². The van der Waals surface area contributed by atoms with E-state index in [2.05, 4.69) is 14.5 Å². The number of benzene rings is 2. The van der Waals surface area contributed by atoms with Gasteiger partial charge in [0.1, 0.15) is 5.75 Å². The number of nitrogens with zero attached hydrogens (tertiary/aromatic N) is 2. The summed E-state index contributed by atoms with van der Waals surface area (Å²) < 4.78 is 72.2. The van der Waals surface area contributed by atoms with Crippen LogP contribution >= 0.6 is 0 Å². The van der Waals surface area contributed by atoms with Crippen molar-refractivity contribution in [2.45, 2.75) is 18.8 Å². The van der Waals surface area contributed by atoms with Gasteiger partial charge in [-0.25, -0.2) is 9.38 Å². The number of carbonyl (C=O) groups is 1. The summed E-state index contributed by atoms with van der Waals surface area (Å²) in [6.07, 6.45) is 0. The van der Waals surface area contributed by atoms with Crippen molar-refractivity contribution in [3.05, 3.63) is 59.4 Å². The van der Waals surface area contributed by atoms with E-state index in [-0.39, 0.29) is 22.8 Å². The van der Waals surface area contributed by atoms with Gasteiger partial charge in [0.05, 0.1) is 0 Å². The van der Waals surface area contributed by atoms with Crippen LogP contribution < -0.4 is 15.2 Å². The van der Waals surface area contributed by atoms with Crippen LogP contribution in [0.15, 0.2) is 47.5 Å². The third-order valence-corrected chi connectivity index (χ3v) is 4.30. The molecule has 6 nitrogen and oxygen atoms in total. The fraction of sp³-hybridized carbons (Fsp3) is 0.222. The molecule has 1 aliphatic rings. The number of aliphatic imine (C=N–C) groups is 1. The van der Waals surface area contributed by atoms with Crippen LogP contribution in [0.2, 0.25) is 0 Å². The molecule has 0 radical (unpaired) electrons. The Morgan fingerprint density at radius 2 is 1.59 bits per heavy atom. The first-order chi connectivity index (χ1) is 13.6. The van der Waals surface area contributed by atoms with Gasteiger partial charge in [0.15, 0.2) is 23.1 Å². The third-order valence-electron chi connectivity index (χ3n) is 4.30. The molecular formula is C18H14F5N3O3. The molecule has 0 saturated heterocycles. The number of ether oxygens (including phenoxy) is 2. The molecule has 0 spiro atoms. The Morgan fingerprint density at radius 3 is 2.10 bits per heavy atom. The summed E-state index contributed by atoms with van der Waals surface area (Å²) in [4.78, 5) is 18.2. The van der Waals surface area contributed by atoms with E-state index in [1.54, 1.807) is 0 Å². The SMILES string of the molecule is CN1C(=O)[C@@](c2ccc(OC(F)F)cc2)(c2ccc(F)c(OC(F)F)c2)N=C1N. The fourth-order valence-corrected chi connectivity index (χ4v) is 2.98. The summed E-state index contributed by atoms with van der Waals surface area (Å²) in [6, 6.07) is 7.89. The molecule has 1 amide bonds. The number of likely N-dealkylation sites (N-methyl/N-ethyl adjacent to an activating group) is 1. The minimum atomic E-state index is -3.29. The van der Waals surface area contributed by atoms with E-state index in [1.807, 2.05) is 0 Å². The zero-order valence-electron chi connectivity index (χ0n) is 14.8. The molecule has 2 N–H and O–H groups in total. The van der Waals surface area contributed by atoms with Crippen molar-refractivity contribution in [3.8, 4) is 11.5 Å². The highest BCUT2D eigenvalue weighted by atomic mass is 19.3. The topological polar surface area (TPSA) is 77.2 Å². The minimum Gasteiger partial charge on any atom is -0.435 e. The van der Waals surface area contributed by atoms with Crippen molar-refractivity contribution in [2.75, 3.05) is 7.05 Å². The molecule has 29 heavy (non-hydrogen) atoms. The van der Waals surface area contributed by atoms with E-state index < -0.39 is 36.2 Å². The van der Waals surface area contributed by atoms with E-state index in [4.69, 9.17) is 5.73 Å². The zero-order chi connectivity index (χ0) is 21.3. The number of rotatable bonds is 6. The lowest BCUT2D eigenvalue weighted by Gasteiger charge is -2.26. The predicted octanol–water partition coefficient (Wildman–Crippen LogP) is 3.06. The smallest absolute Gasteiger partial charge is 0.387 e. The minimum absolute atomic E-state index is 0.00521. The first-order valence-electron chi connectivity index (χ1n) is 8.09. The van der Waals surface area contributed by atoms with Gasteiger partial charge < -0.3 is 15.2 Å². The van der Waals surface area contributed by atoms with Crippen LogP contribution in [-0.4, -0.2) is 37.0 Å². The van der Waals surface area contributed by atoms with Crippen LogP contribution in [0.3, 0.4) is 0 Å². The van der Waals surface area contributed by atoms with E-state index >= 15 is 0 Å². The first kappa shape index (κ1) is 20.4. The van der Waals surface area contributed by atoms with Crippen LogP contribution in [0.1, 0.15) is 11.1 Å². The molecule has 2 aromatic carbocycles. The van der Waals surface area contributed by atoms with Gasteiger partial charge in [0.2, 0.25) is 0 Å². The summed E-state index contributed by atoms with van der Waals surface area (Å²) in [7, 11) is 1.34. The summed E-state index contributed by atoms with van der Waals surface area (Å²) in [5.74, 6) is -2.86. The number of alkyl halides is 4. The molecule has 1 atom stereocenters. The molecule has 3 rings (SSSR count). The van der Waals surface area contributed by atoms with Crippen molar-refractivity contribution in [2.24, 2.45) is 10.7 Å². The molecule has 0 aromatic heterocycles. The highest BCUT2D eigenvalue weighted by Crippen LogP contribution is 2.41. The standard InChI is InChI=1S/C18H14F5N3O3/c1-26-14(27)18(25-17(26)24,9-2-5-11(6-3-9)28-15(20)21)10-4-7-12(19)13(8-10)29-16(22)23/h2-8,15-16H,1H3,(H2,24,25)/t18-/m1/s1. The Hall–Kier alpha value is -3.37. The van der Waals surface area contributed by atoms with Crippen LogP contribution in [0.4, 0.5) is 22.0 Å². The molecule has 154 valence electrons. The molecule has 0 fully saturated rings. The first-order valence-corrected chi connectivity index (χ1v) is 8.09. The molecule has 0 aliphatic carbocycles. The Kier molecular flexibility index (Phi) is 5.31. The van der Waals surface area contributed by atoms with Crippen molar-refractivity contribution in [1.29, 1.82) is 0 Å². The maximum atomic E-state index is 13.9. The molecule has 0 saturated carbocycles. The third kappa shape index (κ3) is 3.67. The second-order valence-corrected chi connectivity index (χ2v) is 5.97. The van der Waals surface area contributed by atoms with Gasteiger partial charge in [0, 0.05) is 7.05 Å².